The third-order valence-corrected chi connectivity index (χ3v) is 6.79. The highest BCUT2D eigenvalue weighted by molar-refractivity contribution is 7.93. The largest absolute Gasteiger partial charge is 0.348 e. The normalized spacial score (nSPS) is 26.3. The number of aryl methyl sites for hydroxylation is 1. The summed E-state index contributed by atoms with van der Waals surface area (Å²) in [4.78, 5) is 12.6. The molecule has 0 aromatic heterocycles. The average Bonchev–Trinajstić information content (AvgIpc) is 2.88. The van der Waals surface area contributed by atoms with Crippen LogP contribution >= 0.6 is 0 Å². The molecule has 7 heteroatoms. The Bertz CT molecular complexity index is 733. The number of sulfonamides is 1. The van der Waals surface area contributed by atoms with Crippen LogP contribution in [0.5, 0.6) is 0 Å². The van der Waals surface area contributed by atoms with Crippen LogP contribution in [0.1, 0.15) is 42.1 Å². The Morgan fingerprint density at radius 3 is 2.75 bits per heavy atom. The van der Waals surface area contributed by atoms with Crippen molar-refractivity contribution in [3.63, 3.8) is 0 Å². The van der Waals surface area contributed by atoms with Crippen LogP contribution in [0.4, 0.5) is 5.69 Å². The molecule has 24 heavy (non-hydrogen) atoms. The fourth-order valence-corrected chi connectivity index (χ4v) is 5.03. The zero-order valence-corrected chi connectivity index (χ0v) is 15.0. The molecule has 2 unspecified atom stereocenters. The molecule has 1 aromatic carbocycles. The zero-order chi connectivity index (χ0) is 17.3. The van der Waals surface area contributed by atoms with E-state index in [2.05, 4.69) is 17.6 Å². The van der Waals surface area contributed by atoms with Crippen molar-refractivity contribution in [3.8, 4) is 0 Å². The molecule has 0 saturated carbocycles. The molecule has 2 aliphatic heterocycles. The lowest BCUT2D eigenvalue weighted by molar-refractivity contribution is 0.0919. The molecule has 0 aliphatic carbocycles. The number of rotatable bonds is 3. The first-order valence-electron chi connectivity index (χ1n) is 8.54. The number of nitrogens with zero attached hydrogens (tertiary/aromatic N) is 1. The Hall–Kier alpha value is -1.60. The molecular formula is C17H25N3O3S. The summed E-state index contributed by atoms with van der Waals surface area (Å²) in [6.07, 6.45) is 2.68. The summed E-state index contributed by atoms with van der Waals surface area (Å²) in [6, 6.07) is 5.64. The van der Waals surface area contributed by atoms with Gasteiger partial charge in [0.05, 0.1) is 11.4 Å². The Morgan fingerprint density at radius 2 is 2.12 bits per heavy atom. The number of hydrogen-bond donors (Lipinski definition) is 2. The van der Waals surface area contributed by atoms with E-state index < -0.39 is 10.0 Å². The summed E-state index contributed by atoms with van der Waals surface area (Å²) in [7, 11) is -3.20. The van der Waals surface area contributed by atoms with Gasteiger partial charge in [0.25, 0.3) is 5.91 Å². The van der Waals surface area contributed by atoms with E-state index in [1.807, 2.05) is 6.92 Å². The highest BCUT2D eigenvalue weighted by Crippen LogP contribution is 2.26. The summed E-state index contributed by atoms with van der Waals surface area (Å²) in [5.41, 5.74) is 2.05. The molecule has 1 amide bonds. The molecule has 2 aliphatic rings. The van der Waals surface area contributed by atoms with Crippen LogP contribution < -0.4 is 14.9 Å². The van der Waals surface area contributed by atoms with Gasteiger partial charge in [0.15, 0.2) is 0 Å². The number of amides is 1. The Morgan fingerprint density at radius 1 is 1.33 bits per heavy atom. The van der Waals surface area contributed by atoms with E-state index in [0.29, 0.717) is 24.2 Å². The molecule has 6 nitrogen and oxygen atoms in total. The first-order valence-corrected chi connectivity index (χ1v) is 10.1. The molecule has 2 saturated heterocycles. The van der Waals surface area contributed by atoms with E-state index in [1.165, 1.54) is 4.31 Å². The molecule has 3 rings (SSSR count). The molecular weight excluding hydrogens is 326 g/mol. The van der Waals surface area contributed by atoms with Crippen LogP contribution in [0.3, 0.4) is 0 Å². The third-order valence-electron chi connectivity index (χ3n) is 4.92. The number of carbonyl (C=O) groups excluding carboxylic acids is 1. The topological polar surface area (TPSA) is 78.5 Å². The summed E-state index contributed by atoms with van der Waals surface area (Å²) >= 11 is 0. The van der Waals surface area contributed by atoms with E-state index in [1.54, 1.807) is 18.2 Å². The van der Waals surface area contributed by atoms with Crippen LogP contribution in [0.2, 0.25) is 0 Å². The highest BCUT2D eigenvalue weighted by atomic mass is 32.2. The van der Waals surface area contributed by atoms with E-state index in [0.717, 1.165) is 24.9 Å². The number of benzene rings is 1. The molecule has 2 heterocycles. The quantitative estimate of drug-likeness (QED) is 0.863. The summed E-state index contributed by atoms with van der Waals surface area (Å²) in [5, 5.41) is 6.47. The van der Waals surface area contributed by atoms with E-state index >= 15 is 0 Å². The van der Waals surface area contributed by atoms with Gasteiger partial charge in [-0.3, -0.25) is 9.10 Å². The maximum atomic E-state index is 12.6. The second-order valence-corrected chi connectivity index (χ2v) is 8.72. The first kappa shape index (κ1) is 17.2. The van der Waals surface area contributed by atoms with Crippen molar-refractivity contribution in [2.24, 2.45) is 0 Å². The van der Waals surface area contributed by atoms with Crippen molar-refractivity contribution in [2.45, 2.75) is 45.2 Å². The number of carbonyl (C=O) groups is 1. The number of piperidine rings is 1. The van der Waals surface area contributed by atoms with Crippen LogP contribution in [-0.4, -0.2) is 45.3 Å². The van der Waals surface area contributed by atoms with Gasteiger partial charge in [0, 0.05) is 24.2 Å². The summed E-state index contributed by atoms with van der Waals surface area (Å²) in [5.74, 6) is 0.102. The monoisotopic (exact) mass is 351 g/mol. The van der Waals surface area contributed by atoms with Crippen molar-refractivity contribution < 1.29 is 13.2 Å². The van der Waals surface area contributed by atoms with Gasteiger partial charge in [-0.1, -0.05) is 0 Å². The van der Waals surface area contributed by atoms with E-state index in [-0.39, 0.29) is 23.7 Å². The van der Waals surface area contributed by atoms with Crippen molar-refractivity contribution in [1.82, 2.24) is 10.6 Å². The Labute approximate surface area is 143 Å². The summed E-state index contributed by atoms with van der Waals surface area (Å²) < 4.78 is 25.5. The second-order valence-electron chi connectivity index (χ2n) is 6.71. The molecule has 0 spiro atoms. The van der Waals surface area contributed by atoms with Gasteiger partial charge in [-0.05, 0) is 63.4 Å². The average molecular weight is 351 g/mol. The number of hydrogen-bond acceptors (Lipinski definition) is 4. The van der Waals surface area contributed by atoms with Crippen molar-refractivity contribution in [3.05, 3.63) is 29.3 Å². The van der Waals surface area contributed by atoms with Crippen LogP contribution in [-0.2, 0) is 10.0 Å². The van der Waals surface area contributed by atoms with Gasteiger partial charge < -0.3 is 10.6 Å². The van der Waals surface area contributed by atoms with Crippen LogP contribution in [0.25, 0.3) is 0 Å². The predicted molar refractivity (Wildman–Crippen MR) is 94.9 cm³/mol. The maximum absolute atomic E-state index is 12.6. The summed E-state index contributed by atoms with van der Waals surface area (Å²) in [6.45, 7) is 5.44. The standard InChI is InChI=1S/C17H25N3O3S/c1-12-11-14(20-9-4-10-24(20,22)23)6-7-15(12)17(21)19-16-5-3-8-18-13(16)2/h6-7,11,13,16,18H,3-5,8-10H2,1-2H3,(H,19,21). The minimum Gasteiger partial charge on any atom is -0.348 e. The Kier molecular flexibility index (Phi) is 4.83. The van der Waals surface area contributed by atoms with Gasteiger partial charge in [0.1, 0.15) is 0 Å². The number of anilines is 1. The third kappa shape index (κ3) is 3.42. The maximum Gasteiger partial charge on any atom is 0.251 e. The minimum atomic E-state index is -3.20. The van der Waals surface area contributed by atoms with Gasteiger partial charge in [-0.15, -0.1) is 0 Å². The SMILES string of the molecule is Cc1cc(N2CCCS2(=O)=O)ccc1C(=O)NC1CCCNC1C. The molecule has 1 aromatic rings. The first-order chi connectivity index (χ1) is 11.4. The second kappa shape index (κ2) is 6.72. The molecule has 2 N–H and O–H groups in total. The van der Waals surface area contributed by atoms with E-state index in [4.69, 9.17) is 0 Å². The molecule has 2 atom stereocenters. The van der Waals surface area contributed by atoms with Crippen molar-refractivity contribution in [2.75, 3.05) is 23.1 Å². The van der Waals surface area contributed by atoms with Crippen LogP contribution in [0.15, 0.2) is 18.2 Å². The van der Waals surface area contributed by atoms with E-state index in [9.17, 15) is 13.2 Å². The fourth-order valence-electron chi connectivity index (χ4n) is 3.47. The van der Waals surface area contributed by atoms with Crippen molar-refractivity contribution in [1.29, 1.82) is 0 Å². The molecule has 0 bridgehead atoms. The lowest BCUT2D eigenvalue weighted by atomic mass is 9.99. The van der Waals surface area contributed by atoms with Crippen molar-refractivity contribution >= 4 is 21.6 Å². The fraction of sp³-hybridized carbons (Fsp3) is 0.588. The predicted octanol–water partition coefficient (Wildman–Crippen LogP) is 1.41. The zero-order valence-electron chi connectivity index (χ0n) is 14.2. The number of nitrogens with one attached hydrogen (secondary N) is 2. The van der Waals surface area contributed by atoms with Gasteiger partial charge in [-0.2, -0.15) is 0 Å². The van der Waals surface area contributed by atoms with Gasteiger partial charge >= 0.3 is 0 Å². The minimum absolute atomic E-state index is 0.0936. The van der Waals surface area contributed by atoms with Gasteiger partial charge in [-0.25, -0.2) is 8.42 Å². The van der Waals surface area contributed by atoms with Gasteiger partial charge in [0.2, 0.25) is 10.0 Å². The highest BCUT2D eigenvalue weighted by Gasteiger charge is 2.29. The van der Waals surface area contributed by atoms with Crippen LogP contribution in [0, 0.1) is 6.92 Å². The molecule has 0 radical (unpaired) electrons. The Balaban J connectivity index is 1.76. The lowest BCUT2D eigenvalue weighted by Crippen LogP contribution is -2.52. The molecule has 132 valence electrons. The lowest BCUT2D eigenvalue weighted by Gasteiger charge is -2.30. The molecule has 2 fully saturated rings. The smallest absolute Gasteiger partial charge is 0.251 e.